The van der Waals surface area contributed by atoms with Crippen LogP contribution in [-0.2, 0) is 0 Å². The molecule has 7 heteroatoms. The molecule has 3 atom stereocenters. The number of hydrogen-bond acceptors (Lipinski definition) is 6. The molecule has 0 spiro atoms. The number of benzene rings is 1. The predicted molar refractivity (Wildman–Crippen MR) is 98.6 cm³/mol. The Labute approximate surface area is 150 Å². The van der Waals surface area contributed by atoms with Crippen LogP contribution < -0.4 is 0 Å². The molecule has 6 nitrogen and oxygen atoms in total. The van der Waals surface area contributed by atoms with Crippen molar-refractivity contribution in [3.05, 3.63) is 70.0 Å². The number of hydrogen-bond donors (Lipinski definition) is 0. The second-order valence-electron chi connectivity index (χ2n) is 6.15. The number of pyridine rings is 1. The van der Waals surface area contributed by atoms with Gasteiger partial charge in [0.15, 0.2) is 5.17 Å². The summed E-state index contributed by atoms with van der Waals surface area (Å²) in [5.41, 5.74) is 1.71. The highest BCUT2D eigenvalue weighted by Crippen LogP contribution is 2.50. The molecular weight excluding hydrogens is 336 g/mol. The molecule has 128 valence electrons. The van der Waals surface area contributed by atoms with Crippen molar-refractivity contribution in [2.75, 3.05) is 5.75 Å². The average molecular weight is 354 g/mol. The number of nitro groups is 1. The highest BCUT2D eigenvalue weighted by atomic mass is 32.2. The monoisotopic (exact) mass is 354 g/mol. The van der Waals surface area contributed by atoms with Crippen molar-refractivity contribution in [2.45, 2.75) is 31.5 Å². The lowest BCUT2D eigenvalue weighted by Crippen LogP contribution is -2.35. The molecule has 0 amide bonds. The van der Waals surface area contributed by atoms with Crippen LogP contribution in [-0.4, -0.2) is 31.8 Å². The van der Waals surface area contributed by atoms with Crippen molar-refractivity contribution >= 4 is 22.6 Å². The van der Waals surface area contributed by atoms with Crippen LogP contribution in [0.4, 0.5) is 5.69 Å². The maximum Gasteiger partial charge on any atom is 0.274 e. The van der Waals surface area contributed by atoms with E-state index in [1.165, 1.54) is 0 Å². The number of nitro benzene ring substituents is 1. The van der Waals surface area contributed by atoms with Gasteiger partial charge in [0.2, 0.25) is 0 Å². The SMILES string of the molecule is CC[C@H]1CSC2=N[C@H](c3ccccn3)[C@@H](c3ccccc3[N+](=O)[O-])N21. The van der Waals surface area contributed by atoms with Gasteiger partial charge in [0.1, 0.15) is 6.04 Å². The molecule has 3 heterocycles. The van der Waals surface area contributed by atoms with E-state index in [0.717, 1.165) is 23.0 Å². The van der Waals surface area contributed by atoms with Crippen LogP contribution in [0.15, 0.2) is 53.7 Å². The van der Waals surface area contributed by atoms with E-state index in [0.29, 0.717) is 11.6 Å². The second kappa shape index (κ2) is 6.48. The Morgan fingerprint density at radius 3 is 2.80 bits per heavy atom. The van der Waals surface area contributed by atoms with Gasteiger partial charge in [-0.1, -0.05) is 36.9 Å². The second-order valence-corrected chi connectivity index (χ2v) is 7.14. The largest absolute Gasteiger partial charge is 0.338 e. The summed E-state index contributed by atoms with van der Waals surface area (Å²) < 4.78 is 0. The minimum Gasteiger partial charge on any atom is -0.338 e. The maximum absolute atomic E-state index is 11.6. The molecule has 1 fully saturated rings. The van der Waals surface area contributed by atoms with Crippen LogP contribution in [0.1, 0.15) is 36.7 Å². The molecule has 1 aromatic heterocycles. The van der Waals surface area contributed by atoms with Gasteiger partial charge in [0.25, 0.3) is 5.69 Å². The van der Waals surface area contributed by atoms with Gasteiger partial charge in [-0.05, 0) is 24.6 Å². The normalized spacial score (nSPS) is 24.9. The van der Waals surface area contributed by atoms with E-state index in [1.54, 1.807) is 30.1 Å². The zero-order valence-corrected chi connectivity index (χ0v) is 14.6. The first-order valence-electron chi connectivity index (χ1n) is 8.34. The van der Waals surface area contributed by atoms with E-state index in [4.69, 9.17) is 4.99 Å². The molecule has 25 heavy (non-hydrogen) atoms. The third-order valence-electron chi connectivity index (χ3n) is 4.78. The standard InChI is InChI=1S/C18H18N4O2S/c1-2-12-11-25-18-20-16(14-8-5-6-10-19-14)17(21(12)18)13-7-3-4-9-15(13)22(23)24/h3-10,12,16-17H,2,11H2,1H3/t12-,16+,17+/m0/s1. The van der Waals surface area contributed by atoms with Gasteiger partial charge in [-0.25, -0.2) is 0 Å². The van der Waals surface area contributed by atoms with Gasteiger partial charge < -0.3 is 4.90 Å². The smallest absolute Gasteiger partial charge is 0.274 e. The highest BCUT2D eigenvalue weighted by molar-refractivity contribution is 8.14. The Morgan fingerprint density at radius 2 is 2.08 bits per heavy atom. The number of nitrogens with zero attached hydrogens (tertiary/aromatic N) is 4. The van der Waals surface area contributed by atoms with Gasteiger partial charge in [-0.3, -0.25) is 20.1 Å². The van der Waals surface area contributed by atoms with E-state index in [1.807, 2.05) is 30.3 Å². The van der Waals surface area contributed by atoms with Crippen molar-refractivity contribution in [1.82, 2.24) is 9.88 Å². The molecule has 1 saturated heterocycles. The van der Waals surface area contributed by atoms with Gasteiger partial charge >= 0.3 is 0 Å². The lowest BCUT2D eigenvalue weighted by Gasteiger charge is -2.31. The summed E-state index contributed by atoms with van der Waals surface area (Å²) in [5, 5.41) is 12.6. The minimum absolute atomic E-state index is 0.150. The number of amidine groups is 1. The van der Waals surface area contributed by atoms with Crippen molar-refractivity contribution in [2.24, 2.45) is 4.99 Å². The van der Waals surface area contributed by atoms with Gasteiger partial charge in [-0.15, -0.1) is 0 Å². The number of thioether (sulfide) groups is 1. The topological polar surface area (TPSA) is 71.6 Å². The van der Waals surface area contributed by atoms with Crippen LogP contribution in [0.25, 0.3) is 0 Å². The molecular formula is C18H18N4O2S. The molecule has 4 rings (SSSR count). The van der Waals surface area contributed by atoms with Crippen LogP contribution in [0.3, 0.4) is 0 Å². The summed E-state index contributed by atoms with van der Waals surface area (Å²) >= 11 is 1.74. The average Bonchev–Trinajstić information content (AvgIpc) is 3.21. The summed E-state index contributed by atoms with van der Waals surface area (Å²) in [6, 6.07) is 12.7. The molecule has 0 aliphatic carbocycles. The summed E-state index contributed by atoms with van der Waals surface area (Å²) in [5.74, 6) is 0.974. The van der Waals surface area contributed by atoms with Crippen LogP contribution in [0, 0.1) is 10.1 Å². The molecule has 2 aliphatic heterocycles. The Bertz CT molecular complexity index is 827. The Balaban J connectivity index is 1.85. The minimum atomic E-state index is -0.299. The van der Waals surface area contributed by atoms with Crippen molar-refractivity contribution in [3.8, 4) is 0 Å². The highest BCUT2D eigenvalue weighted by Gasteiger charge is 2.47. The fraction of sp³-hybridized carbons (Fsp3) is 0.333. The lowest BCUT2D eigenvalue weighted by molar-refractivity contribution is -0.386. The van der Waals surface area contributed by atoms with Crippen molar-refractivity contribution in [1.29, 1.82) is 0 Å². The zero-order valence-electron chi connectivity index (χ0n) is 13.8. The van der Waals surface area contributed by atoms with Gasteiger partial charge in [0.05, 0.1) is 22.2 Å². The lowest BCUT2D eigenvalue weighted by atomic mass is 9.94. The van der Waals surface area contributed by atoms with Crippen LogP contribution in [0.5, 0.6) is 0 Å². The molecule has 0 saturated carbocycles. The Morgan fingerprint density at radius 1 is 1.28 bits per heavy atom. The summed E-state index contributed by atoms with van der Waals surface area (Å²) in [7, 11) is 0. The van der Waals surface area contributed by atoms with Crippen LogP contribution >= 0.6 is 11.8 Å². The summed E-state index contributed by atoms with van der Waals surface area (Å²) in [4.78, 5) is 22.9. The van der Waals surface area contributed by atoms with E-state index < -0.39 is 0 Å². The molecule has 1 aromatic carbocycles. The molecule has 0 unspecified atom stereocenters. The van der Waals surface area contributed by atoms with E-state index in [-0.39, 0.29) is 22.7 Å². The third-order valence-corrected chi connectivity index (χ3v) is 5.91. The quantitative estimate of drug-likeness (QED) is 0.614. The van der Waals surface area contributed by atoms with E-state index in [9.17, 15) is 10.1 Å². The van der Waals surface area contributed by atoms with Crippen LogP contribution in [0.2, 0.25) is 0 Å². The molecule has 0 radical (unpaired) electrons. The zero-order chi connectivity index (χ0) is 17.4. The number of aliphatic imine (C=N–C) groups is 1. The summed E-state index contributed by atoms with van der Waals surface area (Å²) in [6.45, 7) is 2.15. The van der Waals surface area contributed by atoms with Crippen molar-refractivity contribution in [3.63, 3.8) is 0 Å². The number of rotatable bonds is 4. The molecule has 0 N–H and O–H groups in total. The molecule has 2 aliphatic rings. The first kappa shape index (κ1) is 16.1. The number of aromatic nitrogens is 1. The summed E-state index contributed by atoms with van der Waals surface area (Å²) in [6.07, 6.45) is 2.73. The maximum atomic E-state index is 11.6. The van der Waals surface area contributed by atoms with E-state index >= 15 is 0 Å². The fourth-order valence-corrected chi connectivity index (χ4v) is 4.93. The van der Waals surface area contributed by atoms with E-state index in [2.05, 4.69) is 16.8 Å². The first-order valence-corrected chi connectivity index (χ1v) is 9.32. The molecule has 0 bridgehead atoms. The number of fused-ring (bicyclic) bond motifs is 1. The van der Waals surface area contributed by atoms with Gasteiger partial charge in [0, 0.05) is 24.1 Å². The van der Waals surface area contributed by atoms with Gasteiger partial charge in [-0.2, -0.15) is 0 Å². The third kappa shape index (κ3) is 2.68. The predicted octanol–water partition coefficient (Wildman–Crippen LogP) is 3.97. The Hall–Kier alpha value is -2.41. The Kier molecular flexibility index (Phi) is 4.17. The fourth-order valence-electron chi connectivity index (χ4n) is 3.59. The number of para-hydroxylation sites is 1. The molecule has 2 aromatic rings. The van der Waals surface area contributed by atoms with Crippen molar-refractivity contribution < 1.29 is 4.92 Å². The first-order chi connectivity index (χ1) is 12.2.